The van der Waals surface area contributed by atoms with Crippen molar-refractivity contribution in [3.63, 3.8) is 0 Å². The van der Waals surface area contributed by atoms with E-state index in [1.165, 1.54) is 0 Å². The van der Waals surface area contributed by atoms with Crippen molar-refractivity contribution >= 4 is 32.6 Å². The first kappa shape index (κ1) is 36.8. The molecule has 11 nitrogen and oxygen atoms in total. The molecule has 0 unspecified atom stereocenters. The van der Waals surface area contributed by atoms with Crippen LogP contribution in [0.25, 0.3) is 22.2 Å². The molecule has 0 aliphatic rings. The number of carboxylic acid groups (broad SMARTS) is 1. The minimum atomic E-state index is -3.94. The number of aromatic nitrogens is 3. The van der Waals surface area contributed by atoms with E-state index in [4.69, 9.17) is 9.47 Å². The van der Waals surface area contributed by atoms with E-state index >= 15 is 0 Å². The summed E-state index contributed by atoms with van der Waals surface area (Å²) in [5, 5.41) is 10.3. The molecule has 0 fully saturated rings. The monoisotopic (exact) mass is 753 g/mol. The van der Waals surface area contributed by atoms with Gasteiger partial charge < -0.3 is 19.6 Å². The normalized spacial score (nSPS) is 11.5. The lowest BCUT2D eigenvalue weighted by molar-refractivity contribution is 0.0697. The highest BCUT2D eigenvalue weighted by Crippen LogP contribution is 2.34. The number of ether oxygens (including phenoxy) is 2. The Balaban J connectivity index is 1.10. The molecular formula is C43H39N5O6S. The molecule has 278 valence electrons. The molecule has 55 heavy (non-hydrogen) atoms. The number of rotatable bonds is 16. The van der Waals surface area contributed by atoms with E-state index in [2.05, 4.69) is 24.6 Å². The number of benzene rings is 4. The summed E-state index contributed by atoms with van der Waals surface area (Å²) in [5.41, 5.74) is 6.32. The van der Waals surface area contributed by atoms with Crippen LogP contribution in [0.5, 0.6) is 11.5 Å². The maximum absolute atomic E-state index is 13.4. The van der Waals surface area contributed by atoms with E-state index in [-0.39, 0.29) is 29.4 Å². The first-order valence-corrected chi connectivity index (χ1v) is 19.1. The number of aromatic amines is 1. The van der Waals surface area contributed by atoms with Crippen LogP contribution in [-0.2, 0) is 29.7 Å². The average molecular weight is 754 g/mol. The maximum Gasteiger partial charge on any atom is 0.335 e. The highest BCUT2D eigenvalue weighted by molar-refractivity contribution is 7.92. The Bertz CT molecular complexity index is 2470. The number of fused-ring (bicyclic) bond motifs is 1. The predicted molar refractivity (Wildman–Crippen MR) is 212 cm³/mol. The lowest BCUT2D eigenvalue weighted by atomic mass is 10.1. The van der Waals surface area contributed by atoms with E-state index in [1.54, 1.807) is 73.1 Å². The van der Waals surface area contributed by atoms with Gasteiger partial charge in [-0.15, -0.1) is 0 Å². The highest BCUT2D eigenvalue weighted by atomic mass is 32.2. The zero-order valence-electron chi connectivity index (χ0n) is 30.1. The Hall–Kier alpha value is -6.50. The third-order valence-electron chi connectivity index (χ3n) is 8.93. The number of para-hydroxylation sites is 1. The molecule has 0 spiro atoms. The zero-order valence-corrected chi connectivity index (χ0v) is 30.9. The predicted octanol–water partition coefficient (Wildman–Crippen LogP) is 8.09. The van der Waals surface area contributed by atoms with Gasteiger partial charge in [0.15, 0.2) is 0 Å². The van der Waals surface area contributed by atoms with Crippen LogP contribution in [0, 0.1) is 6.92 Å². The van der Waals surface area contributed by atoms with E-state index in [0.29, 0.717) is 47.9 Å². The second-order valence-electron chi connectivity index (χ2n) is 13.0. The number of aryl methyl sites for hydroxylation is 1. The topological polar surface area (TPSA) is 147 Å². The minimum absolute atomic E-state index is 0.108. The number of anilines is 1. The van der Waals surface area contributed by atoms with Gasteiger partial charge in [-0.05, 0) is 79.7 Å². The summed E-state index contributed by atoms with van der Waals surface area (Å²) in [6.45, 7) is 3.98. The molecule has 3 heterocycles. The van der Waals surface area contributed by atoms with Gasteiger partial charge in [0.1, 0.15) is 24.7 Å². The quantitative estimate of drug-likeness (QED) is 0.0834. The van der Waals surface area contributed by atoms with Gasteiger partial charge in [0.25, 0.3) is 10.0 Å². The molecular weight excluding hydrogens is 715 g/mol. The second kappa shape index (κ2) is 16.7. The van der Waals surface area contributed by atoms with E-state index < -0.39 is 16.0 Å². The number of H-pyrrole nitrogens is 1. The third-order valence-corrected chi connectivity index (χ3v) is 10.3. The number of nitrogens with one attached hydrogen (secondary N) is 2. The first-order chi connectivity index (χ1) is 26.7. The molecule has 0 bridgehead atoms. The van der Waals surface area contributed by atoms with Gasteiger partial charge in [0.2, 0.25) is 0 Å². The fraction of sp³-hybridized carbons (Fsp3) is 0.140. The molecule has 0 saturated carbocycles. The van der Waals surface area contributed by atoms with Gasteiger partial charge >= 0.3 is 5.97 Å². The number of carboxylic acids is 1. The molecule has 0 amide bonds. The molecule has 0 saturated heterocycles. The summed E-state index contributed by atoms with van der Waals surface area (Å²) in [5.74, 6) is -0.0204. The summed E-state index contributed by atoms with van der Waals surface area (Å²) >= 11 is 0. The summed E-state index contributed by atoms with van der Waals surface area (Å²) in [7, 11) is -3.94. The Kier molecular flexibility index (Phi) is 11.2. The van der Waals surface area contributed by atoms with Crippen LogP contribution in [-0.4, -0.2) is 52.6 Å². The fourth-order valence-corrected chi connectivity index (χ4v) is 7.23. The Morgan fingerprint density at radius 2 is 1.42 bits per heavy atom. The largest absolute Gasteiger partial charge is 0.490 e. The van der Waals surface area contributed by atoms with E-state index in [1.807, 2.05) is 73.7 Å². The summed E-state index contributed by atoms with van der Waals surface area (Å²) in [4.78, 5) is 26.3. The number of pyridine rings is 2. The molecule has 7 aromatic rings. The molecule has 7 rings (SSSR count). The van der Waals surface area contributed by atoms with E-state index in [9.17, 15) is 18.3 Å². The highest BCUT2D eigenvalue weighted by Gasteiger charge is 2.19. The smallest absolute Gasteiger partial charge is 0.335 e. The van der Waals surface area contributed by atoms with Crippen molar-refractivity contribution in [2.45, 2.75) is 31.5 Å². The number of hydrogen-bond acceptors (Lipinski definition) is 8. The van der Waals surface area contributed by atoms with E-state index in [0.717, 1.165) is 27.9 Å². The Labute approximate surface area is 319 Å². The molecule has 3 aromatic heterocycles. The van der Waals surface area contributed by atoms with Crippen molar-refractivity contribution in [2.24, 2.45) is 0 Å². The van der Waals surface area contributed by atoms with Crippen molar-refractivity contribution in [1.29, 1.82) is 0 Å². The number of carbonyl (C=O) groups is 1. The molecule has 0 aliphatic heterocycles. The SMILES string of the molecule is Cc1ccc(S(=O)(=O)Nc2ccc(-c3cc4ccc(C(=O)O)cc4[nH]3)cc2OCCOc2ccccc2CN(Cc2ccccn2)Cc2ccccn2)cc1. The van der Waals surface area contributed by atoms with Crippen LogP contribution >= 0.6 is 0 Å². The summed E-state index contributed by atoms with van der Waals surface area (Å²) < 4.78 is 42.1. The van der Waals surface area contributed by atoms with Crippen molar-refractivity contribution in [2.75, 3.05) is 17.9 Å². The molecule has 0 aliphatic carbocycles. The number of aromatic carboxylic acids is 1. The molecule has 0 radical (unpaired) electrons. The number of nitrogens with zero attached hydrogens (tertiary/aromatic N) is 3. The van der Waals surface area contributed by atoms with Crippen molar-refractivity contribution in [1.82, 2.24) is 19.9 Å². The van der Waals surface area contributed by atoms with Crippen LogP contribution in [0.3, 0.4) is 0 Å². The van der Waals surface area contributed by atoms with Crippen molar-refractivity contribution < 1.29 is 27.8 Å². The Morgan fingerprint density at radius 1 is 0.745 bits per heavy atom. The van der Waals surface area contributed by atoms with Gasteiger partial charge in [-0.1, -0.05) is 60.2 Å². The third kappa shape index (κ3) is 9.36. The van der Waals surface area contributed by atoms with Gasteiger partial charge in [0, 0.05) is 59.8 Å². The summed E-state index contributed by atoms with van der Waals surface area (Å²) in [6.07, 6.45) is 3.58. The molecule has 0 atom stereocenters. The van der Waals surface area contributed by atoms with Crippen LogP contribution in [0.1, 0.15) is 32.9 Å². The number of hydrogen-bond donors (Lipinski definition) is 3. The van der Waals surface area contributed by atoms with Crippen LogP contribution in [0.15, 0.2) is 145 Å². The van der Waals surface area contributed by atoms with Gasteiger partial charge in [-0.25, -0.2) is 13.2 Å². The molecule has 4 aromatic carbocycles. The standard InChI is InChI=1S/C43H39N5O6S/c1-30-12-17-37(18-13-30)55(51,52)47-38-19-16-32(39-24-31-14-15-33(43(49)50)25-40(31)46-39)26-42(38)54-23-22-53-41-11-3-2-8-34(41)27-48(28-35-9-4-6-20-44-35)29-36-10-5-7-21-45-36/h2-21,24-26,46-47H,22-23,27-29H2,1H3,(H,49,50). The van der Waals surface area contributed by atoms with Gasteiger partial charge in [0.05, 0.1) is 27.5 Å². The maximum atomic E-state index is 13.4. The van der Waals surface area contributed by atoms with Gasteiger partial charge in [-0.2, -0.15) is 0 Å². The molecule has 3 N–H and O–H groups in total. The molecule has 12 heteroatoms. The minimum Gasteiger partial charge on any atom is -0.490 e. The second-order valence-corrected chi connectivity index (χ2v) is 14.7. The fourth-order valence-electron chi connectivity index (χ4n) is 6.16. The van der Waals surface area contributed by atoms with Crippen LogP contribution in [0.4, 0.5) is 5.69 Å². The van der Waals surface area contributed by atoms with Gasteiger partial charge in [-0.3, -0.25) is 19.6 Å². The summed E-state index contributed by atoms with van der Waals surface area (Å²) in [6, 6.07) is 38.1. The number of sulfonamides is 1. The zero-order chi connectivity index (χ0) is 38.2. The van der Waals surface area contributed by atoms with Crippen LogP contribution in [0.2, 0.25) is 0 Å². The average Bonchev–Trinajstić information content (AvgIpc) is 3.62. The Morgan fingerprint density at radius 3 is 2.09 bits per heavy atom. The van der Waals surface area contributed by atoms with Crippen molar-refractivity contribution in [3.8, 4) is 22.8 Å². The van der Waals surface area contributed by atoms with Crippen LogP contribution < -0.4 is 14.2 Å². The lowest BCUT2D eigenvalue weighted by Crippen LogP contribution is -2.24. The lowest BCUT2D eigenvalue weighted by Gasteiger charge is -2.23. The van der Waals surface area contributed by atoms with Crippen molar-refractivity contribution in [3.05, 3.63) is 168 Å². The first-order valence-electron chi connectivity index (χ1n) is 17.7.